The zero-order chi connectivity index (χ0) is 26.7. The van der Waals surface area contributed by atoms with Gasteiger partial charge in [0.25, 0.3) is 0 Å². The van der Waals surface area contributed by atoms with Gasteiger partial charge in [-0.3, -0.25) is 0 Å². The van der Waals surface area contributed by atoms with E-state index in [1.54, 1.807) is 12.1 Å². The van der Waals surface area contributed by atoms with Gasteiger partial charge >= 0.3 is 37.7 Å². The Morgan fingerprint density at radius 3 is 1.16 bits per heavy atom. The summed E-state index contributed by atoms with van der Waals surface area (Å²) in [7, 11) is -8.87. The predicted molar refractivity (Wildman–Crippen MR) is 147 cm³/mol. The van der Waals surface area contributed by atoms with E-state index in [-0.39, 0.29) is 47.5 Å². The number of benzene rings is 4. The molecule has 0 amide bonds. The van der Waals surface area contributed by atoms with Gasteiger partial charge < -0.3 is 9.11 Å². The third-order valence-electron chi connectivity index (χ3n) is 6.43. The fourth-order valence-electron chi connectivity index (χ4n) is 4.81. The number of rotatable bonds is 6. The molecule has 37 heavy (non-hydrogen) atoms. The van der Waals surface area contributed by atoms with Gasteiger partial charge in [0.05, 0.1) is 9.79 Å². The van der Waals surface area contributed by atoms with Gasteiger partial charge in [0, 0.05) is 10.8 Å². The van der Waals surface area contributed by atoms with Crippen LogP contribution < -0.4 is 0 Å². The Kier molecular flexibility index (Phi) is 11.2. The van der Waals surface area contributed by atoms with Crippen LogP contribution in [0.4, 0.5) is 0 Å². The second-order valence-electron chi connectivity index (χ2n) is 8.44. The van der Waals surface area contributed by atoms with Crippen molar-refractivity contribution in [2.45, 2.75) is 63.2 Å². The quantitative estimate of drug-likeness (QED) is 0.229. The smallest absolute Gasteiger partial charge is 0.744 e. The molecule has 0 fully saturated rings. The van der Waals surface area contributed by atoms with Crippen molar-refractivity contribution in [1.29, 1.82) is 0 Å². The minimum atomic E-state index is -4.44. The molecule has 0 N–H and O–H groups in total. The first-order chi connectivity index (χ1) is 17.0. The van der Waals surface area contributed by atoms with Crippen molar-refractivity contribution in [2.75, 3.05) is 0 Å². The molecule has 0 unspecified atom stereocenters. The van der Waals surface area contributed by atoms with Crippen LogP contribution in [0.15, 0.2) is 70.5 Å². The average Bonchev–Trinajstić information content (AvgIpc) is 2.85. The van der Waals surface area contributed by atoms with Crippen molar-refractivity contribution >= 4 is 79.5 Å². The van der Waals surface area contributed by atoms with Crippen molar-refractivity contribution in [3.05, 3.63) is 82.9 Å². The maximum Gasteiger partial charge on any atom is 2.00 e. The summed E-state index contributed by atoms with van der Waals surface area (Å²) in [5.41, 5.74) is 4.12. The Morgan fingerprint density at radius 1 is 0.541 bits per heavy atom. The Bertz CT molecular complexity index is 1500. The Morgan fingerprint density at radius 2 is 0.892 bits per heavy atom. The molecule has 4 rings (SSSR count). The first-order valence-corrected chi connectivity index (χ1v) is 14.8. The molecule has 0 spiro atoms. The second kappa shape index (κ2) is 13.0. The number of hydrogen-bond acceptors (Lipinski definition) is 6. The summed E-state index contributed by atoms with van der Waals surface area (Å²) in [5, 5.41) is 2.80. The van der Waals surface area contributed by atoms with Gasteiger partial charge in [-0.25, -0.2) is 16.8 Å². The molecule has 0 aliphatic carbocycles. The molecule has 9 heteroatoms. The molecule has 0 radical (unpaired) electrons. The van der Waals surface area contributed by atoms with Crippen molar-refractivity contribution in [1.82, 2.24) is 0 Å². The molecule has 192 valence electrons. The van der Waals surface area contributed by atoms with Crippen LogP contribution in [0.3, 0.4) is 0 Å². The van der Waals surface area contributed by atoms with E-state index < -0.39 is 20.2 Å². The van der Waals surface area contributed by atoms with Crippen molar-refractivity contribution in [2.24, 2.45) is 0 Å². The molecule has 4 aromatic rings. The molecule has 0 atom stereocenters. The van der Waals surface area contributed by atoms with Crippen LogP contribution in [0.5, 0.6) is 0 Å². The Hall–Kier alpha value is -1.52. The van der Waals surface area contributed by atoms with Gasteiger partial charge in [0.1, 0.15) is 20.2 Å². The normalized spacial score (nSPS) is 11.6. The summed E-state index contributed by atoms with van der Waals surface area (Å²) < 4.78 is 68.2. The summed E-state index contributed by atoms with van der Waals surface area (Å²) in [6, 6.07) is 17.4. The number of aryl methyl sites for hydroxylation is 4. The van der Waals surface area contributed by atoms with Gasteiger partial charge in [-0.2, -0.15) is 0 Å². The van der Waals surface area contributed by atoms with Crippen molar-refractivity contribution in [3.63, 3.8) is 0 Å². The van der Waals surface area contributed by atoms with E-state index in [0.29, 0.717) is 23.6 Å². The molecule has 0 aliphatic rings. The van der Waals surface area contributed by atoms with Gasteiger partial charge in [-0.1, -0.05) is 76.2 Å². The van der Waals surface area contributed by atoms with E-state index in [9.17, 15) is 25.9 Å². The Balaban J connectivity index is 0.000000253. The maximum absolute atomic E-state index is 11.4. The average molecular weight is 567 g/mol. The number of hydrogen-bond donors (Lipinski definition) is 0. The molecule has 0 bridgehead atoms. The minimum absolute atomic E-state index is 0. The van der Waals surface area contributed by atoms with E-state index in [1.165, 1.54) is 12.1 Å². The van der Waals surface area contributed by atoms with Crippen LogP contribution in [0.25, 0.3) is 21.5 Å². The molecule has 6 nitrogen and oxygen atoms in total. The maximum atomic E-state index is 11.4. The molecule has 0 aliphatic heterocycles. The van der Waals surface area contributed by atoms with E-state index in [1.807, 2.05) is 64.1 Å². The summed E-state index contributed by atoms with van der Waals surface area (Å²) in [6.45, 7) is 7.99. The Labute approximate surface area is 249 Å². The van der Waals surface area contributed by atoms with E-state index >= 15 is 0 Å². The second-order valence-corrected chi connectivity index (χ2v) is 11.1. The minimum Gasteiger partial charge on any atom is -0.744 e. The summed E-state index contributed by atoms with van der Waals surface area (Å²) in [6.07, 6.45) is 3.08. The molecular formula is C28H30CaO6S2. The van der Waals surface area contributed by atoms with Gasteiger partial charge in [-0.15, -0.1) is 0 Å². The third-order valence-corrected chi connectivity index (χ3v) is 8.19. The van der Waals surface area contributed by atoms with E-state index in [4.69, 9.17) is 0 Å². The van der Waals surface area contributed by atoms with E-state index in [2.05, 4.69) is 0 Å². The van der Waals surface area contributed by atoms with Gasteiger partial charge in [0.2, 0.25) is 0 Å². The molecule has 0 heterocycles. The van der Waals surface area contributed by atoms with E-state index in [0.717, 1.165) is 45.9 Å². The van der Waals surface area contributed by atoms with Crippen LogP contribution in [0.2, 0.25) is 0 Å². The topological polar surface area (TPSA) is 114 Å². The number of fused-ring (bicyclic) bond motifs is 2. The summed E-state index contributed by atoms with van der Waals surface area (Å²) in [5.74, 6) is 0. The molecule has 0 saturated carbocycles. The van der Waals surface area contributed by atoms with Crippen LogP contribution in [0.1, 0.15) is 49.9 Å². The first-order valence-electron chi connectivity index (χ1n) is 12.0. The van der Waals surface area contributed by atoms with Crippen molar-refractivity contribution < 1.29 is 25.9 Å². The fourth-order valence-corrected chi connectivity index (χ4v) is 6.28. The first kappa shape index (κ1) is 31.7. The van der Waals surface area contributed by atoms with Crippen LogP contribution in [0, 0.1) is 0 Å². The molecule has 4 aromatic carbocycles. The molecular weight excluding hydrogens is 537 g/mol. The van der Waals surface area contributed by atoms with Gasteiger partial charge in [0.15, 0.2) is 0 Å². The molecule has 0 saturated heterocycles. The zero-order valence-electron chi connectivity index (χ0n) is 21.6. The predicted octanol–water partition coefficient (Wildman–Crippen LogP) is 5.36. The zero-order valence-corrected chi connectivity index (χ0v) is 25.4. The standard InChI is InChI=1S/2C14H16O3S.Ca/c2*1-3-10-8-9-11-6-5-7-13(18(15,16)17)14(11)12(10)4-2;/h2*5-9H,3-4H2,1-2H3,(H,15,16,17);/q;;+2/p-2. The van der Waals surface area contributed by atoms with Crippen LogP contribution in [-0.4, -0.2) is 63.7 Å². The van der Waals surface area contributed by atoms with Gasteiger partial charge in [-0.05, 0) is 70.8 Å². The monoisotopic (exact) mass is 566 g/mol. The third kappa shape index (κ3) is 6.92. The van der Waals surface area contributed by atoms with Crippen LogP contribution in [-0.2, 0) is 45.9 Å². The summed E-state index contributed by atoms with van der Waals surface area (Å²) >= 11 is 0. The molecule has 0 aromatic heterocycles. The fraction of sp³-hybridized carbons (Fsp3) is 0.286. The van der Waals surface area contributed by atoms with Crippen LogP contribution >= 0.6 is 0 Å². The largest absolute Gasteiger partial charge is 2.00 e. The van der Waals surface area contributed by atoms with Crippen molar-refractivity contribution in [3.8, 4) is 0 Å². The summed E-state index contributed by atoms with van der Waals surface area (Å²) in [4.78, 5) is -0.209. The SMILES string of the molecule is CCc1ccc2cccc(S(=O)(=O)[O-])c2c1CC.CCc1ccc2cccc(S(=O)(=O)[O-])c2c1CC.[Ca+2].